The molecule has 2 saturated carbocycles. The summed E-state index contributed by atoms with van der Waals surface area (Å²) >= 11 is 0. The van der Waals surface area contributed by atoms with Gasteiger partial charge in [0.2, 0.25) is 23.5 Å². The molecule has 1 aromatic heterocycles. The maximum Gasteiger partial charge on any atom is 0.289 e. The van der Waals surface area contributed by atoms with Crippen molar-refractivity contribution >= 4 is 35.3 Å². The zero-order chi connectivity index (χ0) is 39.9. The molecule has 0 radical (unpaired) electrons. The second kappa shape index (κ2) is 31.8. The lowest BCUT2D eigenvalue weighted by molar-refractivity contribution is -0.138. The number of carbonyl (C=O) groups excluding carboxylic acids is 6. The van der Waals surface area contributed by atoms with E-state index in [2.05, 4.69) is 79.7 Å². The minimum absolute atomic E-state index is 0.0313. The third kappa shape index (κ3) is 26.0. The number of unbranched alkanes of at least 4 members (excludes halogenated alkanes) is 1. The van der Waals surface area contributed by atoms with Gasteiger partial charge in [-0.15, -0.1) is 0 Å². The van der Waals surface area contributed by atoms with E-state index < -0.39 is 29.5 Å². The van der Waals surface area contributed by atoms with Gasteiger partial charge in [-0.1, -0.05) is 94.4 Å². The Labute approximate surface area is 314 Å². The summed E-state index contributed by atoms with van der Waals surface area (Å²) < 4.78 is 0. The normalized spacial score (nSPS) is 13.7. The van der Waals surface area contributed by atoms with Crippen LogP contribution in [-0.2, 0) is 24.0 Å². The Morgan fingerprint density at radius 3 is 1.92 bits per heavy atom. The molecular formula is C39H71N7O6. The van der Waals surface area contributed by atoms with E-state index in [0.717, 1.165) is 50.9 Å². The fourth-order valence-corrected chi connectivity index (χ4v) is 4.50. The zero-order valence-corrected chi connectivity index (χ0v) is 33.9. The van der Waals surface area contributed by atoms with E-state index in [9.17, 15) is 28.8 Å². The van der Waals surface area contributed by atoms with Crippen LogP contribution in [-0.4, -0.2) is 89.0 Å². The monoisotopic (exact) mass is 734 g/mol. The van der Waals surface area contributed by atoms with Gasteiger partial charge in [0.05, 0.1) is 19.3 Å². The van der Waals surface area contributed by atoms with Crippen LogP contribution in [0.25, 0.3) is 0 Å². The molecule has 1 heterocycles. The highest BCUT2D eigenvalue weighted by Crippen LogP contribution is 2.27. The molecule has 1 aromatic rings. The lowest BCUT2D eigenvalue weighted by atomic mass is 9.83. The second-order valence-corrected chi connectivity index (χ2v) is 13.5. The van der Waals surface area contributed by atoms with Gasteiger partial charge in [-0.05, 0) is 50.4 Å². The van der Waals surface area contributed by atoms with E-state index in [1.54, 1.807) is 7.05 Å². The highest BCUT2D eigenvalue weighted by Gasteiger charge is 2.32. The predicted molar refractivity (Wildman–Crippen MR) is 207 cm³/mol. The van der Waals surface area contributed by atoms with Gasteiger partial charge in [-0.25, -0.2) is 4.98 Å². The second-order valence-electron chi connectivity index (χ2n) is 13.5. The average Bonchev–Trinajstić information content (AvgIpc) is 3.96. The number of aromatic nitrogens is 2. The molecule has 3 rings (SSSR count). The maximum atomic E-state index is 13.1. The average molecular weight is 734 g/mol. The van der Waals surface area contributed by atoms with Crippen molar-refractivity contribution in [2.45, 2.75) is 151 Å². The topological polar surface area (TPSA) is 180 Å². The van der Waals surface area contributed by atoms with E-state index in [0.29, 0.717) is 19.4 Å². The number of amides is 5. The van der Waals surface area contributed by atoms with Crippen LogP contribution in [0.2, 0.25) is 0 Å². The molecule has 1 atom stereocenters. The van der Waals surface area contributed by atoms with Gasteiger partial charge in [0, 0.05) is 38.4 Å². The number of ketones is 1. The third-order valence-corrected chi connectivity index (χ3v) is 7.09. The van der Waals surface area contributed by atoms with Crippen LogP contribution in [0.1, 0.15) is 150 Å². The molecule has 2 fully saturated rings. The number of rotatable bonds is 15. The first kappa shape index (κ1) is 50.2. The van der Waals surface area contributed by atoms with Crippen molar-refractivity contribution in [3.63, 3.8) is 0 Å². The first-order chi connectivity index (χ1) is 24.8. The number of hydrogen-bond acceptors (Lipinski definition) is 8. The molecule has 0 aromatic carbocycles. The van der Waals surface area contributed by atoms with Crippen molar-refractivity contribution in [1.82, 2.24) is 36.1 Å². The lowest BCUT2D eigenvalue weighted by Crippen LogP contribution is -2.53. The summed E-state index contributed by atoms with van der Waals surface area (Å²) in [6.07, 6.45) is 14.3. The van der Waals surface area contributed by atoms with Gasteiger partial charge >= 0.3 is 0 Å². The molecule has 2 aliphatic carbocycles. The van der Waals surface area contributed by atoms with Crippen LogP contribution in [0.3, 0.4) is 0 Å². The Kier molecular flexibility index (Phi) is 30.7. The van der Waals surface area contributed by atoms with Gasteiger partial charge in [-0.3, -0.25) is 33.8 Å². The molecule has 0 aliphatic heterocycles. The van der Waals surface area contributed by atoms with Crippen LogP contribution >= 0.6 is 0 Å². The fraction of sp³-hybridized carbons (Fsp3) is 0.744. The summed E-state index contributed by atoms with van der Waals surface area (Å²) in [5, 5.41) is 10.5. The standard InChI is InChI=1S/C27H39N7O6.C4H10.2C3H8.C2H6/c1-34(14-6-5-9-22(36)30-16-21(35)26(39)32-19-10-11-19)23(37)17-31-27(40)24(18-7-3-2-4-8-18)33-25(38)20-15-28-12-13-29-20;1-4(2)3;2*1-3-2;1-2/h12-13,15,18-19,24H,2-11,14,16-17H2,1H3,(H,30,36)(H,31,40)(H,32,39)(H,33,38);4H,1-3H3;2*3H2,1-2H3;1-2H3. The Morgan fingerprint density at radius 2 is 1.40 bits per heavy atom. The molecule has 298 valence electrons. The minimum Gasteiger partial charge on any atom is -0.348 e. The number of hydrogen-bond donors (Lipinski definition) is 4. The van der Waals surface area contributed by atoms with Crippen molar-refractivity contribution in [2.75, 3.05) is 26.7 Å². The predicted octanol–water partition coefficient (Wildman–Crippen LogP) is 5.39. The van der Waals surface area contributed by atoms with E-state index in [1.165, 1.54) is 36.3 Å². The SMILES string of the molecule is CC.CC(C)C.CCC.CCC.CN(CCCCC(=O)NCC(=O)C(=O)NC1CC1)C(=O)CNC(=O)C(NC(=O)c1cnccn1)C1CCCCC1. The van der Waals surface area contributed by atoms with Crippen molar-refractivity contribution in [2.24, 2.45) is 11.8 Å². The van der Waals surface area contributed by atoms with E-state index in [4.69, 9.17) is 0 Å². The van der Waals surface area contributed by atoms with Gasteiger partial charge in [-0.2, -0.15) is 0 Å². The van der Waals surface area contributed by atoms with E-state index in [-0.39, 0.29) is 49.0 Å². The Balaban J connectivity index is 0. The summed E-state index contributed by atoms with van der Waals surface area (Å²) in [4.78, 5) is 83.0. The van der Waals surface area contributed by atoms with E-state index >= 15 is 0 Å². The molecule has 4 N–H and O–H groups in total. The van der Waals surface area contributed by atoms with Gasteiger partial charge < -0.3 is 26.2 Å². The van der Waals surface area contributed by atoms with Crippen LogP contribution in [0, 0.1) is 11.8 Å². The van der Waals surface area contributed by atoms with Gasteiger partial charge in [0.1, 0.15) is 11.7 Å². The smallest absolute Gasteiger partial charge is 0.289 e. The van der Waals surface area contributed by atoms with Gasteiger partial charge in [0.25, 0.3) is 11.8 Å². The fourth-order valence-electron chi connectivity index (χ4n) is 4.50. The number of likely N-dealkylation sites (N-methyl/N-ethyl adjacent to an activating group) is 1. The zero-order valence-electron chi connectivity index (χ0n) is 33.9. The van der Waals surface area contributed by atoms with Crippen LogP contribution in [0.4, 0.5) is 0 Å². The van der Waals surface area contributed by atoms with Crippen molar-refractivity contribution in [3.05, 3.63) is 24.3 Å². The number of nitrogens with zero attached hydrogens (tertiary/aromatic N) is 3. The minimum atomic E-state index is -0.780. The first-order valence-corrected chi connectivity index (χ1v) is 19.5. The molecule has 13 heteroatoms. The molecule has 0 saturated heterocycles. The summed E-state index contributed by atoms with van der Waals surface area (Å²) in [6.45, 7) is 18.8. The van der Waals surface area contributed by atoms with Crippen LogP contribution in [0.15, 0.2) is 18.6 Å². The highest BCUT2D eigenvalue weighted by atomic mass is 16.2. The molecule has 0 spiro atoms. The highest BCUT2D eigenvalue weighted by molar-refractivity contribution is 6.37. The third-order valence-electron chi connectivity index (χ3n) is 7.09. The Bertz CT molecular complexity index is 1130. The van der Waals surface area contributed by atoms with Gasteiger partial charge in [0.15, 0.2) is 0 Å². The molecule has 52 heavy (non-hydrogen) atoms. The Hall–Kier alpha value is -3.90. The van der Waals surface area contributed by atoms with Crippen molar-refractivity contribution in [3.8, 4) is 0 Å². The molecule has 1 unspecified atom stereocenters. The quantitative estimate of drug-likeness (QED) is 0.137. The van der Waals surface area contributed by atoms with Crippen LogP contribution < -0.4 is 21.3 Å². The summed E-state index contributed by atoms with van der Waals surface area (Å²) in [5.41, 5.74) is 0.117. The maximum absolute atomic E-state index is 13.1. The summed E-state index contributed by atoms with van der Waals surface area (Å²) in [7, 11) is 1.61. The number of nitrogens with one attached hydrogen (secondary N) is 4. The number of Topliss-reactive ketones (excluding diaryl/α,β-unsaturated/α-hetero) is 1. The summed E-state index contributed by atoms with van der Waals surface area (Å²) in [6, 6.07) is -0.701. The van der Waals surface area contributed by atoms with E-state index in [1.807, 2.05) is 13.8 Å². The lowest BCUT2D eigenvalue weighted by Gasteiger charge is -2.30. The van der Waals surface area contributed by atoms with Crippen molar-refractivity contribution in [1.29, 1.82) is 0 Å². The van der Waals surface area contributed by atoms with Crippen molar-refractivity contribution < 1.29 is 28.8 Å². The molecular weight excluding hydrogens is 662 g/mol. The Morgan fingerprint density at radius 1 is 0.827 bits per heavy atom. The molecule has 0 bridgehead atoms. The first-order valence-electron chi connectivity index (χ1n) is 19.5. The van der Waals surface area contributed by atoms with Crippen LogP contribution in [0.5, 0.6) is 0 Å². The largest absolute Gasteiger partial charge is 0.348 e. The molecule has 13 nitrogen and oxygen atoms in total. The number of carbonyl (C=O) groups is 6. The molecule has 2 aliphatic rings. The summed E-state index contributed by atoms with van der Waals surface area (Å²) in [5.74, 6) is -2.09. The molecule has 5 amide bonds.